The standard InChI is InChI=1S/C10H13O5P.2K/c11-16(12,13)15-9-8-14-7-6-10-4-2-1-3-5-10;;/h1-7H,8-9H2,(H2,11,12,13);;/q;2*+1/p-2. The minimum absolute atomic E-state index is 0. The third-order valence-corrected chi connectivity index (χ3v) is 2.11. The number of phosphoric ester groups is 1. The zero-order valence-corrected chi connectivity index (χ0v) is 17.6. The molecule has 0 radical (unpaired) electrons. The molecule has 18 heavy (non-hydrogen) atoms. The summed E-state index contributed by atoms with van der Waals surface area (Å²) >= 11 is 0. The van der Waals surface area contributed by atoms with Gasteiger partial charge in [0.15, 0.2) is 0 Å². The van der Waals surface area contributed by atoms with Crippen LogP contribution < -0.4 is 113 Å². The first-order valence-corrected chi connectivity index (χ1v) is 6.04. The van der Waals surface area contributed by atoms with Gasteiger partial charge >= 0.3 is 103 Å². The summed E-state index contributed by atoms with van der Waals surface area (Å²) in [6.45, 7) is -0.263. The summed E-state index contributed by atoms with van der Waals surface area (Å²) < 4.78 is 19.0. The Morgan fingerprint density at radius 2 is 1.72 bits per heavy atom. The zero-order valence-electron chi connectivity index (χ0n) is 10.4. The van der Waals surface area contributed by atoms with Gasteiger partial charge in [0, 0.05) is 0 Å². The Labute approximate surface area is 191 Å². The largest absolute Gasteiger partial charge is 1.00 e. The van der Waals surface area contributed by atoms with Crippen LogP contribution in [0, 0.1) is 0 Å². The third kappa shape index (κ3) is 13.1. The van der Waals surface area contributed by atoms with Crippen LogP contribution in [0.2, 0.25) is 0 Å². The Kier molecular flexibility index (Phi) is 16.0. The second kappa shape index (κ2) is 12.9. The molecule has 0 unspecified atom stereocenters. The van der Waals surface area contributed by atoms with Crippen LogP contribution in [0.15, 0.2) is 36.6 Å². The molecule has 0 aliphatic rings. The van der Waals surface area contributed by atoms with Crippen LogP contribution in [0.1, 0.15) is 5.56 Å². The van der Waals surface area contributed by atoms with E-state index in [1.54, 1.807) is 6.08 Å². The Bertz CT molecular complexity index is 379. The molecule has 1 aromatic carbocycles. The second-order valence-electron chi connectivity index (χ2n) is 2.86. The fourth-order valence-electron chi connectivity index (χ4n) is 0.956. The van der Waals surface area contributed by atoms with Crippen molar-refractivity contribution in [3.05, 3.63) is 42.2 Å². The number of benzene rings is 1. The zero-order chi connectivity index (χ0) is 11.9. The fraction of sp³-hybridized carbons (Fsp3) is 0.200. The van der Waals surface area contributed by atoms with Gasteiger partial charge < -0.3 is 23.6 Å². The molecule has 0 atom stereocenters. The van der Waals surface area contributed by atoms with Crippen LogP contribution in [0.5, 0.6) is 0 Å². The van der Waals surface area contributed by atoms with E-state index >= 15 is 0 Å². The molecule has 0 N–H and O–H groups in total. The van der Waals surface area contributed by atoms with E-state index < -0.39 is 7.82 Å². The summed E-state index contributed by atoms with van der Waals surface area (Å²) in [5.41, 5.74) is 0.960. The minimum Gasteiger partial charge on any atom is -0.790 e. The van der Waals surface area contributed by atoms with E-state index in [4.69, 9.17) is 4.74 Å². The molecule has 5 nitrogen and oxygen atoms in total. The molecule has 0 amide bonds. The van der Waals surface area contributed by atoms with Gasteiger partial charge in [0.1, 0.15) is 6.61 Å². The molecular formula is C10H11K2O5P. The van der Waals surface area contributed by atoms with Crippen molar-refractivity contribution in [2.45, 2.75) is 0 Å². The molecule has 1 rings (SSSR count). The first-order valence-electron chi connectivity index (χ1n) is 4.58. The van der Waals surface area contributed by atoms with Gasteiger partial charge in [-0.05, 0) is 11.6 Å². The van der Waals surface area contributed by atoms with Gasteiger partial charge in [0.05, 0.1) is 20.7 Å². The van der Waals surface area contributed by atoms with Gasteiger partial charge in [-0.15, -0.1) is 0 Å². The fourth-order valence-corrected chi connectivity index (χ4v) is 1.25. The van der Waals surface area contributed by atoms with Crippen LogP contribution in [0.4, 0.5) is 0 Å². The summed E-state index contributed by atoms with van der Waals surface area (Å²) in [5, 5.41) is 0. The van der Waals surface area contributed by atoms with E-state index in [9.17, 15) is 14.4 Å². The maximum atomic E-state index is 10.1. The average molecular weight is 320 g/mol. The first-order chi connectivity index (χ1) is 7.58. The molecule has 0 spiro atoms. The summed E-state index contributed by atoms with van der Waals surface area (Å²) in [6.07, 6.45) is 3.13. The molecule has 0 saturated heterocycles. The minimum atomic E-state index is -4.88. The summed E-state index contributed by atoms with van der Waals surface area (Å²) in [5.74, 6) is 0. The van der Waals surface area contributed by atoms with E-state index in [-0.39, 0.29) is 116 Å². The van der Waals surface area contributed by atoms with E-state index in [0.29, 0.717) is 0 Å². The molecule has 1 aromatic rings. The van der Waals surface area contributed by atoms with Crippen molar-refractivity contribution in [1.82, 2.24) is 0 Å². The van der Waals surface area contributed by atoms with Gasteiger partial charge in [-0.1, -0.05) is 30.3 Å². The number of hydrogen-bond donors (Lipinski definition) is 0. The van der Waals surface area contributed by atoms with Crippen molar-refractivity contribution in [2.24, 2.45) is 0 Å². The van der Waals surface area contributed by atoms with Crippen LogP contribution in [0.25, 0.3) is 6.08 Å². The molecule has 8 heteroatoms. The van der Waals surface area contributed by atoms with Crippen molar-refractivity contribution in [3.8, 4) is 0 Å². The normalized spacial score (nSPS) is 10.6. The summed E-state index contributed by atoms with van der Waals surface area (Å²) in [6, 6.07) is 9.44. The third-order valence-electron chi connectivity index (χ3n) is 1.61. The molecule has 0 bridgehead atoms. The maximum absolute atomic E-state index is 10.1. The molecule has 0 aliphatic carbocycles. The molecule has 0 fully saturated rings. The topological polar surface area (TPSA) is 81.7 Å². The van der Waals surface area contributed by atoms with E-state index in [1.807, 2.05) is 30.3 Å². The Morgan fingerprint density at radius 1 is 1.11 bits per heavy atom. The SMILES string of the molecule is O=P([O-])([O-])OCCOC=Cc1ccccc1.[K+].[K+]. The molecule has 0 heterocycles. The van der Waals surface area contributed by atoms with Crippen molar-refractivity contribution >= 4 is 13.9 Å². The van der Waals surface area contributed by atoms with Crippen LogP contribution in [-0.2, 0) is 13.8 Å². The smallest absolute Gasteiger partial charge is 0.790 e. The maximum Gasteiger partial charge on any atom is 1.00 e. The Morgan fingerprint density at radius 3 is 2.28 bits per heavy atom. The average Bonchev–Trinajstić information content (AvgIpc) is 2.23. The first kappa shape index (κ1) is 22.4. The van der Waals surface area contributed by atoms with Gasteiger partial charge in [0.25, 0.3) is 0 Å². The van der Waals surface area contributed by atoms with Crippen molar-refractivity contribution in [2.75, 3.05) is 13.2 Å². The number of ether oxygens (including phenoxy) is 1. The molecule has 0 aromatic heterocycles. The predicted octanol–water partition coefficient (Wildman–Crippen LogP) is -5.47. The molecular weight excluding hydrogens is 309 g/mol. The summed E-state index contributed by atoms with van der Waals surface area (Å²) in [7, 11) is -4.88. The monoisotopic (exact) mass is 320 g/mol. The number of hydrogen-bond acceptors (Lipinski definition) is 5. The van der Waals surface area contributed by atoms with Gasteiger partial charge in [-0.3, -0.25) is 0 Å². The van der Waals surface area contributed by atoms with Gasteiger partial charge in [-0.25, -0.2) is 0 Å². The van der Waals surface area contributed by atoms with Crippen molar-refractivity contribution in [1.29, 1.82) is 0 Å². The Hall–Kier alpha value is 2.14. The quantitative estimate of drug-likeness (QED) is 0.226. The van der Waals surface area contributed by atoms with Crippen molar-refractivity contribution in [3.63, 3.8) is 0 Å². The molecule has 0 aliphatic heterocycles. The van der Waals surface area contributed by atoms with Crippen molar-refractivity contribution < 1.29 is 126 Å². The van der Waals surface area contributed by atoms with E-state index in [2.05, 4.69) is 4.52 Å². The van der Waals surface area contributed by atoms with Crippen LogP contribution >= 0.6 is 7.82 Å². The summed E-state index contributed by atoms with van der Waals surface area (Å²) in [4.78, 5) is 20.1. The predicted molar refractivity (Wildman–Crippen MR) is 55.0 cm³/mol. The number of rotatable bonds is 6. The second-order valence-corrected chi connectivity index (χ2v) is 4.02. The van der Waals surface area contributed by atoms with Crippen LogP contribution in [-0.4, -0.2) is 13.2 Å². The molecule has 88 valence electrons. The van der Waals surface area contributed by atoms with Gasteiger partial charge in [-0.2, -0.15) is 0 Å². The van der Waals surface area contributed by atoms with E-state index in [1.165, 1.54) is 6.26 Å². The van der Waals surface area contributed by atoms with Crippen LogP contribution in [0.3, 0.4) is 0 Å². The van der Waals surface area contributed by atoms with E-state index in [0.717, 1.165) is 5.56 Å². The number of phosphoric acid groups is 1. The Balaban J connectivity index is 0. The molecule has 0 saturated carbocycles. The van der Waals surface area contributed by atoms with Gasteiger partial charge in [0.2, 0.25) is 0 Å².